The molecule has 0 aromatic heterocycles. The highest BCUT2D eigenvalue weighted by Crippen LogP contribution is 2.15. The molecule has 5 nitrogen and oxygen atoms in total. The van der Waals surface area contributed by atoms with Gasteiger partial charge in [-0.25, -0.2) is 0 Å². The zero-order chi connectivity index (χ0) is 15.7. The van der Waals surface area contributed by atoms with Gasteiger partial charge in [-0.15, -0.1) is 0 Å². The van der Waals surface area contributed by atoms with E-state index < -0.39 is 0 Å². The number of hydrogen-bond acceptors (Lipinski definition) is 4. The lowest BCUT2D eigenvalue weighted by molar-refractivity contribution is -0.143. The molecule has 0 bridgehead atoms. The molecule has 0 unspecified atom stereocenters. The lowest BCUT2D eigenvalue weighted by atomic mass is 10.1. The van der Waals surface area contributed by atoms with Crippen LogP contribution in [0.15, 0.2) is 24.3 Å². The van der Waals surface area contributed by atoms with Crippen molar-refractivity contribution in [1.82, 2.24) is 4.90 Å². The molecular weight excluding hydrogens is 270 g/mol. The molecular formula is C16H23NO4. The van der Waals surface area contributed by atoms with E-state index in [-0.39, 0.29) is 18.3 Å². The number of carbonyl (C=O) groups excluding carboxylic acids is 2. The standard InChI is InChI=1S/C16H23NO4/c1-4-10-17(11-9-15(18)21-5-2)16(19)13-7-6-8-14(12-13)20-3/h6-8,12H,4-5,9-11H2,1-3H3. The fourth-order valence-corrected chi connectivity index (χ4v) is 1.98. The van der Waals surface area contributed by atoms with E-state index >= 15 is 0 Å². The fraction of sp³-hybridized carbons (Fsp3) is 0.500. The minimum absolute atomic E-state index is 0.0972. The van der Waals surface area contributed by atoms with Gasteiger partial charge in [0, 0.05) is 18.7 Å². The number of methoxy groups -OCH3 is 1. The van der Waals surface area contributed by atoms with Crippen LogP contribution < -0.4 is 4.74 Å². The SMILES string of the molecule is CCCN(CCC(=O)OCC)C(=O)c1cccc(OC)c1. The molecule has 1 aromatic rings. The van der Waals surface area contributed by atoms with E-state index in [0.29, 0.717) is 31.0 Å². The number of benzene rings is 1. The Morgan fingerprint density at radius 1 is 1.19 bits per heavy atom. The molecule has 116 valence electrons. The van der Waals surface area contributed by atoms with Gasteiger partial charge >= 0.3 is 5.97 Å². The summed E-state index contributed by atoms with van der Waals surface area (Å²) < 4.78 is 10.0. The highest BCUT2D eigenvalue weighted by Gasteiger charge is 2.17. The van der Waals surface area contributed by atoms with Crippen molar-refractivity contribution in [3.05, 3.63) is 29.8 Å². The number of carbonyl (C=O) groups is 2. The second-order valence-electron chi connectivity index (χ2n) is 4.58. The Balaban J connectivity index is 2.74. The first-order valence-electron chi connectivity index (χ1n) is 7.21. The highest BCUT2D eigenvalue weighted by atomic mass is 16.5. The van der Waals surface area contributed by atoms with Gasteiger partial charge in [-0.3, -0.25) is 9.59 Å². The van der Waals surface area contributed by atoms with Gasteiger partial charge in [-0.1, -0.05) is 13.0 Å². The summed E-state index contributed by atoms with van der Waals surface area (Å²) in [4.78, 5) is 25.6. The number of esters is 1. The summed E-state index contributed by atoms with van der Waals surface area (Å²) in [6.45, 7) is 5.09. The summed E-state index contributed by atoms with van der Waals surface area (Å²) in [5.41, 5.74) is 0.562. The zero-order valence-electron chi connectivity index (χ0n) is 12.9. The molecule has 1 rings (SSSR count). The molecule has 0 N–H and O–H groups in total. The summed E-state index contributed by atoms with van der Waals surface area (Å²) in [6, 6.07) is 7.02. The molecule has 0 fully saturated rings. The van der Waals surface area contributed by atoms with Crippen LogP contribution in [0.2, 0.25) is 0 Å². The largest absolute Gasteiger partial charge is 0.497 e. The predicted octanol–water partition coefficient (Wildman–Crippen LogP) is 2.50. The molecule has 0 heterocycles. The van der Waals surface area contributed by atoms with Gasteiger partial charge in [0.05, 0.1) is 20.1 Å². The Morgan fingerprint density at radius 3 is 2.57 bits per heavy atom. The quantitative estimate of drug-likeness (QED) is 0.691. The minimum Gasteiger partial charge on any atom is -0.497 e. The van der Waals surface area contributed by atoms with Crippen molar-refractivity contribution >= 4 is 11.9 Å². The first-order valence-corrected chi connectivity index (χ1v) is 7.21. The Hall–Kier alpha value is -2.04. The maximum Gasteiger partial charge on any atom is 0.307 e. The van der Waals surface area contributed by atoms with E-state index in [1.807, 2.05) is 6.92 Å². The van der Waals surface area contributed by atoms with Crippen molar-refractivity contribution in [3.8, 4) is 5.75 Å². The Kier molecular flexibility index (Phi) is 7.29. The van der Waals surface area contributed by atoms with E-state index in [9.17, 15) is 9.59 Å². The smallest absolute Gasteiger partial charge is 0.307 e. The molecule has 0 saturated heterocycles. The van der Waals surface area contributed by atoms with Crippen LogP contribution in [-0.4, -0.2) is 43.6 Å². The predicted molar refractivity (Wildman–Crippen MR) is 80.4 cm³/mol. The van der Waals surface area contributed by atoms with Crippen LogP contribution in [0.25, 0.3) is 0 Å². The van der Waals surface area contributed by atoms with Crippen molar-refractivity contribution in [1.29, 1.82) is 0 Å². The number of hydrogen-bond donors (Lipinski definition) is 0. The summed E-state index contributed by atoms with van der Waals surface area (Å²) in [6.07, 6.45) is 1.04. The summed E-state index contributed by atoms with van der Waals surface area (Å²) in [5.74, 6) is 0.264. The topological polar surface area (TPSA) is 55.8 Å². The van der Waals surface area contributed by atoms with Gasteiger partial charge < -0.3 is 14.4 Å². The Bertz CT molecular complexity index is 473. The molecule has 5 heteroatoms. The van der Waals surface area contributed by atoms with Crippen LogP contribution in [0.4, 0.5) is 0 Å². The van der Waals surface area contributed by atoms with E-state index in [0.717, 1.165) is 6.42 Å². The van der Waals surface area contributed by atoms with E-state index in [1.54, 1.807) is 43.2 Å². The zero-order valence-corrected chi connectivity index (χ0v) is 12.9. The second kappa shape index (κ2) is 9.00. The molecule has 0 aliphatic rings. The first-order chi connectivity index (χ1) is 10.1. The summed E-state index contributed by atoms with van der Waals surface area (Å²) >= 11 is 0. The van der Waals surface area contributed by atoms with Crippen LogP contribution in [0, 0.1) is 0 Å². The first kappa shape index (κ1) is 17.0. The van der Waals surface area contributed by atoms with Gasteiger partial charge in [-0.05, 0) is 31.5 Å². The summed E-state index contributed by atoms with van der Waals surface area (Å²) in [5, 5.41) is 0. The molecule has 0 spiro atoms. The third kappa shape index (κ3) is 5.45. The molecule has 1 amide bonds. The van der Waals surface area contributed by atoms with E-state index in [4.69, 9.17) is 9.47 Å². The lowest BCUT2D eigenvalue weighted by Gasteiger charge is -2.22. The molecule has 0 atom stereocenters. The van der Waals surface area contributed by atoms with Crippen LogP contribution in [0.1, 0.15) is 37.0 Å². The second-order valence-corrected chi connectivity index (χ2v) is 4.58. The minimum atomic E-state index is -0.281. The van der Waals surface area contributed by atoms with E-state index in [2.05, 4.69) is 0 Å². The van der Waals surface area contributed by atoms with Crippen LogP contribution in [0.3, 0.4) is 0 Å². The highest BCUT2D eigenvalue weighted by molar-refractivity contribution is 5.94. The number of rotatable bonds is 8. The molecule has 21 heavy (non-hydrogen) atoms. The average molecular weight is 293 g/mol. The molecule has 1 aromatic carbocycles. The van der Waals surface area contributed by atoms with Gasteiger partial charge in [-0.2, -0.15) is 0 Å². The van der Waals surface area contributed by atoms with Crippen molar-refractivity contribution < 1.29 is 19.1 Å². The molecule has 0 radical (unpaired) electrons. The monoisotopic (exact) mass is 293 g/mol. The van der Waals surface area contributed by atoms with Gasteiger partial charge in [0.1, 0.15) is 5.75 Å². The van der Waals surface area contributed by atoms with Gasteiger partial charge in [0.25, 0.3) is 5.91 Å². The van der Waals surface area contributed by atoms with Crippen molar-refractivity contribution in [2.45, 2.75) is 26.7 Å². The normalized spacial score (nSPS) is 10.0. The third-order valence-electron chi connectivity index (χ3n) is 2.99. The number of amides is 1. The lowest BCUT2D eigenvalue weighted by Crippen LogP contribution is -2.34. The molecule has 0 saturated carbocycles. The Morgan fingerprint density at radius 2 is 1.95 bits per heavy atom. The third-order valence-corrected chi connectivity index (χ3v) is 2.99. The van der Waals surface area contributed by atoms with Crippen LogP contribution in [-0.2, 0) is 9.53 Å². The van der Waals surface area contributed by atoms with Crippen molar-refractivity contribution in [2.75, 3.05) is 26.8 Å². The Labute approximate surface area is 125 Å². The molecule has 0 aliphatic carbocycles. The van der Waals surface area contributed by atoms with Crippen molar-refractivity contribution in [2.24, 2.45) is 0 Å². The fourth-order valence-electron chi connectivity index (χ4n) is 1.98. The van der Waals surface area contributed by atoms with Crippen LogP contribution in [0.5, 0.6) is 5.75 Å². The van der Waals surface area contributed by atoms with Crippen LogP contribution >= 0.6 is 0 Å². The average Bonchev–Trinajstić information content (AvgIpc) is 2.51. The van der Waals surface area contributed by atoms with Gasteiger partial charge in [0.2, 0.25) is 0 Å². The number of ether oxygens (including phenoxy) is 2. The maximum atomic E-state index is 12.5. The maximum absolute atomic E-state index is 12.5. The number of nitrogens with zero attached hydrogens (tertiary/aromatic N) is 1. The van der Waals surface area contributed by atoms with Gasteiger partial charge in [0.15, 0.2) is 0 Å². The van der Waals surface area contributed by atoms with E-state index in [1.165, 1.54) is 0 Å². The summed E-state index contributed by atoms with van der Waals surface area (Å²) in [7, 11) is 1.56. The molecule has 0 aliphatic heterocycles. The van der Waals surface area contributed by atoms with Crippen molar-refractivity contribution in [3.63, 3.8) is 0 Å².